The molecule has 0 unspecified atom stereocenters. The van der Waals surface area contributed by atoms with E-state index in [2.05, 4.69) is 5.32 Å². The zero-order valence-corrected chi connectivity index (χ0v) is 15.8. The number of ether oxygens (including phenoxy) is 1. The van der Waals surface area contributed by atoms with Gasteiger partial charge in [0, 0.05) is 10.9 Å². The van der Waals surface area contributed by atoms with Gasteiger partial charge in [0.05, 0.1) is 5.69 Å². The Morgan fingerprint density at radius 3 is 2.34 bits per heavy atom. The quantitative estimate of drug-likeness (QED) is 0.475. The van der Waals surface area contributed by atoms with Crippen molar-refractivity contribution in [3.05, 3.63) is 95.7 Å². The minimum absolute atomic E-state index is 0.0982. The van der Waals surface area contributed by atoms with Crippen molar-refractivity contribution in [3.63, 3.8) is 0 Å². The van der Waals surface area contributed by atoms with E-state index < -0.39 is 0 Å². The Morgan fingerprint density at radius 2 is 1.59 bits per heavy atom. The molecule has 4 rings (SSSR count). The zero-order valence-electron chi connectivity index (χ0n) is 15.8. The van der Waals surface area contributed by atoms with E-state index in [-0.39, 0.29) is 24.1 Å². The molecule has 1 N–H and O–H groups in total. The van der Waals surface area contributed by atoms with Crippen LogP contribution in [0.5, 0.6) is 5.75 Å². The van der Waals surface area contributed by atoms with Crippen LogP contribution in [0.4, 0.5) is 5.69 Å². The van der Waals surface area contributed by atoms with Crippen molar-refractivity contribution in [1.82, 2.24) is 0 Å². The van der Waals surface area contributed by atoms with Crippen LogP contribution in [0.3, 0.4) is 0 Å². The summed E-state index contributed by atoms with van der Waals surface area (Å²) in [6.45, 7) is 1.80. The van der Waals surface area contributed by atoms with Gasteiger partial charge in [-0.15, -0.1) is 0 Å². The van der Waals surface area contributed by atoms with E-state index in [1.807, 2.05) is 37.3 Å². The maximum absolute atomic E-state index is 13.0. The molecule has 5 heteroatoms. The number of hydrogen-bond acceptors (Lipinski definition) is 4. The standard InChI is InChI=1S/C24H19NO4/c1-16-11-13-18(14-12-16)28-15-21(26)25-22-19-9-5-6-10-20(19)29-24(22)23(27)17-7-3-2-4-8-17/h2-14H,15H2,1H3,(H,25,26). The molecule has 1 heterocycles. The minimum atomic E-state index is -0.376. The number of fused-ring (bicyclic) bond motifs is 1. The topological polar surface area (TPSA) is 68.5 Å². The molecule has 0 atom stereocenters. The molecule has 0 fully saturated rings. The van der Waals surface area contributed by atoms with Gasteiger partial charge in [-0.3, -0.25) is 9.59 Å². The van der Waals surface area contributed by atoms with Gasteiger partial charge in [0.2, 0.25) is 5.78 Å². The number of para-hydroxylation sites is 1. The Labute approximate surface area is 167 Å². The summed E-state index contributed by atoms with van der Waals surface area (Å²) in [6, 6.07) is 23.5. The SMILES string of the molecule is Cc1ccc(OCC(=O)Nc2c(C(=O)c3ccccc3)oc3ccccc23)cc1. The number of carbonyl (C=O) groups is 2. The maximum Gasteiger partial charge on any atom is 0.262 e. The monoisotopic (exact) mass is 385 g/mol. The van der Waals surface area contributed by atoms with Crippen molar-refractivity contribution >= 4 is 28.3 Å². The number of hydrogen-bond donors (Lipinski definition) is 1. The first-order valence-corrected chi connectivity index (χ1v) is 9.22. The molecule has 0 saturated carbocycles. The van der Waals surface area contributed by atoms with Gasteiger partial charge in [-0.1, -0.05) is 60.2 Å². The predicted octanol–water partition coefficient (Wildman–Crippen LogP) is 4.99. The fourth-order valence-electron chi connectivity index (χ4n) is 3.01. The van der Waals surface area contributed by atoms with Gasteiger partial charge >= 0.3 is 0 Å². The Morgan fingerprint density at radius 1 is 0.897 bits per heavy atom. The first-order chi connectivity index (χ1) is 14.1. The average molecular weight is 385 g/mol. The minimum Gasteiger partial charge on any atom is -0.484 e. The zero-order chi connectivity index (χ0) is 20.2. The van der Waals surface area contributed by atoms with Crippen molar-refractivity contribution in [3.8, 4) is 5.75 Å². The summed E-state index contributed by atoms with van der Waals surface area (Å²) >= 11 is 0. The largest absolute Gasteiger partial charge is 0.484 e. The van der Waals surface area contributed by atoms with E-state index in [1.165, 1.54) is 0 Å². The van der Waals surface area contributed by atoms with Crippen LogP contribution in [-0.2, 0) is 4.79 Å². The average Bonchev–Trinajstić information content (AvgIpc) is 3.12. The van der Waals surface area contributed by atoms with Crippen LogP contribution < -0.4 is 10.1 Å². The summed E-state index contributed by atoms with van der Waals surface area (Å²) in [5, 5.41) is 3.45. The summed E-state index contributed by atoms with van der Waals surface area (Å²) in [4.78, 5) is 25.5. The number of anilines is 1. The Bertz CT molecular complexity index is 1160. The second-order valence-electron chi connectivity index (χ2n) is 6.65. The third kappa shape index (κ3) is 4.04. The van der Waals surface area contributed by atoms with Crippen LogP contribution in [0.25, 0.3) is 11.0 Å². The van der Waals surface area contributed by atoms with Crippen molar-refractivity contribution in [1.29, 1.82) is 0 Å². The molecule has 4 aromatic rings. The highest BCUT2D eigenvalue weighted by Crippen LogP contribution is 2.32. The molecular weight excluding hydrogens is 366 g/mol. The number of benzene rings is 3. The number of carbonyl (C=O) groups excluding carboxylic acids is 2. The lowest BCUT2D eigenvalue weighted by atomic mass is 10.1. The first-order valence-electron chi connectivity index (χ1n) is 9.22. The van der Waals surface area contributed by atoms with Gasteiger partial charge in [-0.25, -0.2) is 0 Å². The molecule has 0 aliphatic heterocycles. The first kappa shape index (κ1) is 18.5. The van der Waals surface area contributed by atoms with E-state index in [0.29, 0.717) is 28.0 Å². The molecule has 1 amide bonds. The molecule has 0 spiro atoms. The van der Waals surface area contributed by atoms with E-state index >= 15 is 0 Å². The molecule has 3 aromatic carbocycles. The number of amides is 1. The van der Waals surface area contributed by atoms with Gasteiger partial charge in [0.25, 0.3) is 5.91 Å². The number of ketones is 1. The highest BCUT2D eigenvalue weighted by molar-refractivity contribution is 6.17. The molecule has 0 aliphatic carbocycles. The molecular formula is C24H19NO4. The van der Waals surface area contributed by atoms with Crippen molar-refractivity contribution in [2.45, 2.75) is 6.92 Å². The molecule has 0 saturated heterocycles. The number of furan rings is 1. The second-order valence-corrected chi connectivity index (χ2v) is 6.65. The van der Waals surface area contributed by atoms with Gasteiger partial charge in [0.1, 0.15) is 11.3 Å². The summed E-state index contributed by atoms with van der Waals surface area (Å²) < 4.78 is 11.3. The lowest BCUT2D eigenvalue weighted by Crippen LogP contribution is -2.21. The summed E-state index contributed by atoms with van der Waals surface area (Å²) in [6.07, 6.45) is 0. The van der Waals surface area contributed by atoms with Crippen molar-refractivity contribution < 1.29 is 18.7 Å². The summed E-state index contributed by atoms with van der Waals surface area (Å²) in [5.41, 5.74) is 2.47. The Kier molecular flexibility index (Phi) is 5.12. The molecule has 5 nitrogen and oxygen atoms in total. The van der Waals surface area contributed by atoms with Crippen molar-refractivity contribution in [2.24, 2.45) is 0 Å². The van der Waals surface area contributed by atoms with Gasteiger partial charge in [-0.2, -0.15) is 0 Å². The van der Waals surface area contributed by atoms with Crippen LogP contribution in [0.15, 0.2) is 83.3 Å². The lowest BCUT2D eigenvalue weighted by Gasteiger charge is -2.08. The molecule has 1 aromatic heterocycles. The number of rotatable bonds is 6. The van der Waals surface area contributed by atoms with Crippen molar-refractivity contribution in [2.75, 3.05) is 11.9 Å². The second kappa shape index (κ2) is 8.02. The fourth-order valence-corrected chi connectivity index (χ4v) is 3.01. The van der Waals surface area contributed by atoms with E-state index in [4.69, 9.17) is 9.15 Å². The normalized spacial score (nSPS) is 10.7. The lowest BCUT2D eigenvalue weighted by molar-refractivity contribution is -0.118. The van der Waals surface area contributed by atoms with Crippen LogP contribution >= 0.6 is 0 Å². The highest BCUT2D eigenvalue weighted by atomic mass is 16.5. The van der Waals surface area contributed by atoms with Crippen LogP contribution in [-0.4, -0.2) is 18.3 Å². The summed E-state index contributed by atoms with van der Waals surface area (Å²) in [5.74, 6) is 0.0280. The van der Waals surface area contributed by atoms with E-state index in [9.17, 15) is 9.59 Å². The fraction of sp³-hybridized carbons (Fsp3) is 0.0833. The molecule has 29 heavy (non-hydrogen) atoms. The van der Waals surface area contributed by atoms with Gasteiger partial charge < -0.3 is 14.5 Å². The predicted molar refractivity (Wildman–Crippen MR) is 111 cm³/mol. The van der Waals surface area contributed by atoms with Crippen LogP contribution in [0, 0.1) is 6.92 Å². The summed E-state index contributed by atoms with van der Waals surface area (Å²) in [7, 11) is 0. The Balaban J connectivity index is 1.59. The van der Waals surface area contributed by atoms with Crippen LogP contribution in [0.1, 0.15) is 21.7 Å². The van der Waals surface area contributed by atoms with E-state index in [0.717, 1.165) is 5.56 Å². The third-order valence-corrected chi connectivity index (χ3v) is 4.49. The third-order valence-electron chi connectivity index (χ3n) is 4.49. The molecule has 0 radical (unpaired) electrons. The number of aryl methyl sites for hydroxylation is 1. The molecule has 144 valence electrons. The molecule has 0 aliphatic rings. The van der Waals surface area contributed by atoms with Gasteiger partial charge in [-0.05, 0) is 31.2 Å². The number of nitrogens with one attached hydrogen (secondary N) is 1. The molecule has 0 bridgehead atoms. The Hall–Kier alpha value is -3.86. The highest BCUT2D eigenvalue weighted by Gasteiger charge is 2.23. The maximum atomic E-state index is 13.0. The smallest absolute Gasteiger partial charge is 0.262 e. The van der Waals surface area contributed by atoms with Crippen LogP contribution in [0.2, 0.25) is 0 Å². The van der Waals surface area contributed by atoms with E-state index in [1.54, 1.807) is 48.5 Å². The van der Waals surface area contributed by atoms with Gasteiger partial charge in [0.15, 0.2) is 12.4 Å².